The Bertz CT molecular complexity index is 516. The summed E-state index contributed by atoms with van der Waals surface area (Å²) < 4.78 is 25.8. The summed E-state index contributed by atoms with van der Waals surface area (Å²) in [5.74, 6) is 0. The van der Waals surface area contributed by atoms with Gasteiger partial charge in [-0.05, 0) is 18.2 Å². The third kappa shape index (κ3) is 1.96. The molecular formula is C10H5BrClF2N. The third-order valence-corrected chi connectivity index (χ3v) is 2.94. The maximum Gasteiger partial charge on any atom is 0.266 e. The van der Waals surface area contributed by atoms with Gasteiger partial charge >= 0.3 is 0 Å². The van der Waals surface area contributed by atoms with Gasteiger partial charge in [-0.2, -0.15) is 0 Å². The van der Waals surface area contributed by atoms with Crippen molar-refractivity contribution in [3.8, 4) is 0 Å². The van der Waals surface area contributed by atoms with Gasteiger partial charge in [0.05, 0.1) is 16.1 Å². The topological polar surface area (TPSA) is 12.9 Å². The van der Waals surface area contributed by atoms with Crippen LogP contribution in [0.5, 0.6) is 0 Å². The van der Waals surface area contributed by atoms with Crippen LogP contribution >= 0.6 is 27.5 Å². The van der Waals surface area contributed by atoms with Gasteiger partial charge in [0.1, 0.15) is 0 Å². The van der Waals surface area contributed by atoms with E-state index in [-0.39, 0.29) is 10.6 Å². The number of halogens is 4. The molecule has 78 valence electrons. The van der Waals surface area contributed by atoms with E-state index in [9.17, 15) is 8.78 Å². The van der Waals surface area contributed by atoms with Crippen molar-refractivity contribution < 1.29 is 8.78 Å². The van der Waals surface area contributed by atoms with Crippen molar-refractivity contribution in [1.29, 1.82) is 0 Å². The Balaban J connectivity index is 2.77. The van der Waals surface area contributed by atoms with Crippen molar-refractivity contribution in [3.05, 3.63) is 39.5 Å². The summed E-state index contributed by atoms with van der Waals surface area (Å²) in [6, 6.07) is 5.19. The first-order chi connectivity index (χ1) is 7.09. The SMILES string of the molecule is FC(F)c1cnc2ccc(Br)cc2c1Cl. The van der Waals surface area contributed by atoms with Crippen molar-refractivity contribution in [2.75, 3.05) is 0 Å². The van der Waals surface area contributed by atoms with Crippen LogP contribution < -0.4 is 0 Å². The molecule has 2 rings (SSSR count). The first kappa shape index (κ1) is 10.8. The number of alkyl halides is 2. The summed E-state index contributed by atoms with van der Waals surface area (Å²) in [6.45, 7) is 0. The Morgan fingerprint density at radius 2 is 2.07 bits per heavy atom. The van der Waals surface area contributed by atoms with Crippen LogP contribution in [-0.2, 0) is 0 Å². The van der Waals surface area contributed by atoms with Gasteiger partial charge in [-0.25, -0.2) is 8.78 Å². The van der Waals surface area contributed by atoms with E-state index in [4.69, 9.17) is 11.6 Å². The van der Waals surface area contributed by atoms with E-state index in [1.54, 1.807) is 18.2 Å². The zero-order chi connectivity index (χ0) is 11.0. The normalized spacial score (nSPS) is 11.3. The predicted molar refractivity (Wildman–Crippen MR) is 59.4 cm³/mol. The standard InChI is InChI=1S/C10H5BrClF2N/c11-5-1-2-8-6(3-5)9(12)7(4-15-8)10(13)14/h1-4,10H. The number of pyridine rings is 1. The van der Waals surface area contributed by atoms with Crippen LogP contribution in [0.15, 0.2) is 28.9 Å². The molecule has 1 heterocycles. The van der Waals surface area contributed by atoms with Gasteiger partial charge in [-0.3, -0.25) is 4.98 Å². The van der Waals surface area contributed by atoms with Gasteiger partial charge in [0.15, 0.2) is 0 Å². The maximum atomic E-state index is 12.5. The lowest BCUT2D eigenvalue weighted by molar-refractivity contribution is 0.151. The van der Waals surface area contributed by atoms with Crippen molar-refractivity contribution in [3.63, 3.8) is 0 Å². The quantitative estimate of drug-likeness (QED) is 0.749. The molecule has 15 heavy (non-hydrogen) atoms. The van der Waals surface area contributed by atoms with Gasteiger partial charge in [-0.15, -0.1) is 0 Å². The molecule has 2 aromatic rings. The lowest BCUT2D eigenvalue weighted by Gasteiger charge is -2.06. The van der Waals surface area contributed by atoms with Gasteiger partial charge in [-0.1, -0.05) is 27.5 Å². The minimum absolute atomic E-state index is 0.0660. The summed E-state index contributed by atoms with van der Waals surface area (Å²) in [5.41, 5.74) is 0.370. The molecule has 1 aromatic carbocycles. The fourth-order valence-corrected chi connectivity index (χ4v) is 1.94. The van der Waals surface area contributed by atoms with E-state index < -0.39 is 6.43 Å². The minimum atomic E-state index is -2.60. The first-order valence-electron chi connectivity index (χ1n) is 4.11. The van der Waals surface area contributed by atoms with Crippen LogP contribution in [0, 0.1) is 0 Å². The van der Waals surface area contributed by atoms with Crippen LogP contribution in [0.1, 0.15) is 12.0 Å². The van der Waals surface area contributed by atoms with Gasteiger partial charge in [0, 0.05) is 16.1 Å². The van der Waals surface area contributed by atoms with E-state index in [0.717, 1.165) is 10.7 Å². The summed E-state index contributed by atoms with van der Waals surface area (Å²) in [6.07, 6.45) is -1.49. The molecule has 0 fully saturated rings. The second-order valence-electron chi connectivity index (χ2n) is 2.99. The third-order valence-electron chi connectivity index (χ3n) is 2.03. The highest BCUT2D eigenvalue weighted by molar-refractivity contribution is 9.10. The van der Waals surface area contributed by atoms with E-state index >= 15 is 0 Å². The molecule has 1 nitrogen and oxygen atoms in total. The number of hydrogen-bond acceptors (Lipinski definition) is 1. The molecule has 0 unspecified atom stereocenters. The van der Waals surface area contributed by atoms with Crippen LogP contribution in [0.2, 0.25) is 5.02 Å². The molecule has 0 aliphatic rings. The molecule has 0 saturated heterocycles. The minimum Gasteiger partial charge on any atom is -0.256 e. The summed E-state index contributed by atoms with van der Waals surface area (Å²) in [5, 5.41) is 0.597. The lowest BCUT2D eigenvalue weighted by Crippen LogP contribution is -1.90. The lowest BCUT2D eigenvalue weighted by atomic mass is 10.1. The number of aromatic nitrogens is 1. The number of fused-ring (bicyclic) bond motifs is 1. The Morgan fingerprint density at radius 1 is 1.33 bits per heavy atom. The second kappa shape index (κ2) is 4.02. The van der Waals surface area contributed by atoms with E-state index in [1.165, 1.54) is 0 Å². The molecule has 0 aliphatic carbocycles. The molecule has 0 bridgehead atoms. The Morgan fingerprint density at radius 3 is 2.73 bits per heavy atom. The average molecular weight is 293 g/mol. The molecular weight excluding hydrogens is 287 g/mol. The van der Waals surface area contributed by atoms with Crippen LogP contribution in [-0.4, -0.2) is 4.98 Å². The highest BCUT2D eigenvalue weighted by Gasteiger charge is 2.15. The van der Waals surface area contributed by atoms with Gasteiger partial charge in [0.25, 0.3) is 6.43 Å². The highest BCUT2D eigenvalue weighted by atomic mass is 79.9. The summed E-state index contributed by atoms with van der Waals surface area (Å²) in [7, 11) is 0. The zero-order valence-corrected chi connectivity index (χ0v) is 9.69. The fourth-order valence-electron chi connectivity index (χ4n) is 1.30. The monoisotopic (exact) mass is 291 g/mol. The molecule has 1 aromatic heterocycles. The molecule has 0 spiro atoms. The van der Waals surface area contributed by atoms with Gasteiger partial charge in [0.2, 0.25) is 0 Å². The smallest absolute Gasteiger partial charge is 0.256 e. The Kier molecular flexibility index (Phi) is 2.89. The largest absolute Gasteiger partial charge is 0.266 e. The fraction of sp³-hybridized carbons (Fsp3) is 0.100. The molecule has 0 N–H and O–H groups in total. The van der Waals surface area contributed by atoms with E-state index in [2.05, 4.69) is 20.9 Å². The van der Waals surface area contributed by atoms with Crippen molar-refractivity contribution >= 4 is 38.4 Å². The Hall–Kier alpha value is -0.740. The Labute approximate surface area is 98.2 Å². The van der Waals surface area contributed by atoms with E-state index in [1.807, 2.05) is 0 Å². The maximum absolute atomic E-state index is 12.5. The second-order valence-corrected chi connectivity index (χ2v) is 4.28. The first-order valence-corrected chi connectivity index (χ1v) is 5.28. The average Bonchev–Trinajstić information content (AvgIpc) is 2.19. The predicted octanol–water partition coefficient (Wildman–Crippen LogP) is 4.59. The number of rotatable bonds is 1. The number of nitrogens with zero attached hydrogens (tertiary/aromatic N) is 1. The highest BCUT2D eigenvalue weighted by Crippen LogP contribution is 2.33. The van der Waals surface area contributed by atoms with Crippen molar-refractivity contribution in [1.82, 2.24) is 4.98 Å². The molecule has 0 amide bonds. The summed E-state index contributed by atoms with van der Waals surface area (Å²) in [4.78, 5) is 3.92. The molecule has 5 heteroatoms. The van der Waals surface area contributed by atoms with Crippen molar-refractivity contribution in [2.24, 2.45) is 0 Å². The molecule has 0 saturated carbocycles. The van der Waals surface area contributed by atoms with Crippen molar-refractivity contribution in [2.45, 2.75) is 6.43 Å². The van der Waals surface area contributed by atoms with Crippen LogP contribution in [0.25, 0.3) is 10.9 Å². The molecule has 0 aliphatic heterocycles. The van der Waals surface area contributed by atoms with E-state index in [0.29, 0.717) is 10.9 Å². The van der Waals surface area contributed by atoms with Crippen LogP contribution in [0.3, 0.4) is 0 Å². The zero-order valence-electron chi connectivity index (χ0n) is 7.35. The summed E-state index contributed by atoms with van der Waals surface area (Å²) >= 11 is 9.12. The van der Waals surface area contributed by atoms with Crippen LogP contribution in [0.4, 0.5) is 8.78 Å². The number of hydrogen-bond donors (Lipinski definition) is 0. The number of benzene rings is 1. The molecule has 0 radical (unpaired) electrons. The molecule has 0 atom stereocenters. The van der Waals surface area contributed by atoms with Gasteiger partial charge < -0.3 is 0 Å².